The van der Waals surface area contributed by atoms with Crippen molar-refractivity contribution in [2.45, 2.75) is 25.4 Å². The van der Waals surface area contributed by atoms with Gasteiger partial charge in [-0.15, -0.1) is 0 Å². The van der Waals surface area contributed by atoms with E-state index in [0.29, 0.717) is 23.7 Å². The van der Waals surface area contributed by atoms with Crippen molar-refractivity contribution in [2.75, 3.05) is 26.8 Å². The van der Waals surface area contributed by atoms with E-state index in [1.807, 2.05) is 0 Å². The van der Waals surface area contributed by atoms with Crippen molar-refractivity contribution < 1.29 is 19.1 Å². The van der Waals surface area contributed by atoms with Gasteiger partial charge < -0.3 is 14.4 Å². The van der Waals surface area contributed by atoms with Gasteiger partial charge in [0, 0.05) is 30.3 Å². The normalized spacial score (nSPS) is 17.3. The third-order valence-corrected chi connectivity index (χ3v) is 3.86. The summed E-state index contributed by atoms with van der Waals surface area (Å²) in [4.78, 5) is 25.6. The fourth-order valence-electron chi connectivity index (χ4n) is 2.44. The number of benzene rings is 1. The van der Waals surface area contributed by atoms with Crippen molar-refractivity contribution in [1.29, 1.82) is 0 Å². The zero-order valence-electron chi connectivity index (χ0n) is 12.6. The smallest absolute Gasteiger partial charge is 0.307 e. The van der Waals surface area contributed by atoms with E-state index >= 15 is 0 Å². The lowest BCUT2D eigenvalue weighted by Crippen LogP contribution is -2.38. The number of carbonyl (C=O) groups excluding carboxylic acids is 2. The van der Waals surface area contributed by atoms with Crippen molar-refractivity contribution in [3.63, 3.8) is 0 Å². The van der Waals surface area contributed by atoms with Gasteiger partial charge in [-0.2, -0.15) is 0 Å². The number of methoxy groups -OCH3 is 1. The van der Waals surface area contributed by atoms with E-state index in [1.54, 1.807) is 29.2 Å². The second-order valence-corrected chi connectivity index (χ2v) is 5.66. The van der Waals surface area contributed by atoms with Gasteiger partial charge in [0.2, 0.25) is 0 Å². The predicted molar refractivity (Wildman–Crippen MR) is 83.0 cm³/mol. The first-order chi connectivity index (χ1) is 10.6. The standard InChI is InChI=1S/C16H20ClNO4/c1-21-15(19)7-8-18(11-14-6-3-9-22-14)16(20)12-4-2-5-13(17)10-12/h2,4-5,10,14H,3,6-9,11H2,1H3. The van der Waals surface area contributed by atoms with Crippen LogP contribution in [0, 0.1) is 0 Å². The second-order valence-electron chi connectivity index (χ2n) is 5.22. The van der Waals surface area contributed by atoms with Gasteiger partial charge in [-0.3, -0.25) is 9.59 Å². The molecule has 1 unspecified atom stereocenters. The lowest BCUT2D eigenvalue weighted by atomic mass is 10.1. The molecule has 1 amide bonds. The molecule has 5 nitrogen and oxygen atoms in total. The van der Waals surface area contributed by atoms with E-state index in [1.165, 1.54) is 7.11 Å². The summed E-state index contributed by atoms with van der Waals surface area (Å²) in [7, 11) is 1.34. The second kappa shape index (κ2) is 8.15. The molecule has 0 radical (unpaired) electrons. The maximum atomic E-state index is 12.6. The van der Waals surface area contributed by atoms with Crippen LogP contribution < -0.4 is 0 Å². The Kier molecular flexibility index (Phi) is 6.21. The molecule has 0 aliphatic carbocycles. The van der Waals surface area contributed by atoms with Gasteiger partial charge in [0.1, 0.15) is 0 Å². The number of rotatable bonds is 6. The summed E-state index contributed by atoms with van der Waals surface area (Å²) in [6, 6.07) is 6.80. The first kappa shape index (κ1) is 16.8. The maximum absolute atomic E-state index is 12.6. The zero-order valence-corrected chi connectivity index (χ0v) is 13.3. The molecular weight excluding hydrogens is 306 g/mol. The van der Waals surface area contributed by atoms with Gasteiger partial charge in [-0.1, -0.05) is 17.7 Å². The number of hydrogen-bond acceptors (Lipinski definition) is 4. The van der Waals surface area contributed by atoms with Gasteiger partial charge in [-0.05, 0) is 31.0 Å². The van der Waals surface area contributed by atoms with Crippen LogP contribution in [-0.2, 0) is 14.3 Å². The molecule has 1 aromatic carbocycles. The van der Waals surface area contributed by atoms with Crippen LogP contribution in [0.1, 0.15) is 29.6 Å². The van der Waals surface area contributed by atoms with Crippen LogP contribution in [0.25, 0.3) is 0 Å². The quantitative estimate of drug-likeness (QED) is 0.754. The highest BCUT2D eigenvalue weighted by atomic mass is 35.5. The summed E-state index contributed by atoms with van der Waals surface area (Å²) in [6.45, 7) is 1.50. The van der Waals surface area contributed by atoms with E-state index in [-0.39, 0.29) is 24.4 Å². The highest BCUT2D eigenvalue weighted by Crippen LogP contribution is 2.17. The highest BCUT2D eigenvalue weighted by Gasteiger charge is 2.24. The maximum Gasteiger partial charge on any atom is 0.307 e. The molecule has 0 bridgehead atoms. The first-order valence-corrected chi connectivity index (χ1v) is 7.71. The lowest BCUT2D eigenvalue weighted by molar-refractivity contribution is -0.140. The predicted octanol–water partition coefficient (Wildman–Crippen LogP) is 2.52. The van der Waals surface area contributed by atoms with Gasteiger partial charge in [0.25, 0.3) is 5.91 Å². The molecule has 1 atom stereocenters. The highest BCUT2D eigenvalue weighted by molar-refractivity contribution is 6.30. The molecule has 22 heavy (non-hydrogen) atoms. The molecular formula is C16H20ClNO4. The summed E-state index contributed by atoms with van der Waals surface area (Å²) < 4.78 is 10.2. The van der Waals surface area contributed by atoms with E-state index in [2.05, 4.69) is 4.74 Å². The molecule has 120 valence electrons. The minimum absolute atomic E-state index is 0.0285. The van der Waals surface area contributed by atoms with Crippen molar-refractivity contribution in [3.05, 3.63) is 34.9 Å². The Bertz CT molecular complexity index is 529. The molecule has 1 heterocycles. The van der Waals surface area contributed by atoms with Crippen LogP contribution in [0.5, 0.6) is 0 Å². The molecule has 1 saturated heterocycles. The van der Waals surface area contributed by atoms with E-state index in [4.69, 9.17) is 16.3 Å². The van der Waals surface area contributed by atoms with Crippen LogP contribution in [0.2, 0.25) is 5.02 Å². The van der Waals surface area contributed by atoms with Crippen LogP contribution >= 0.6 is 11.6 Å². The summed E-state index contributed by atoms with van der Waals surface area (Å²) in [5.74, 6) is -0.488. The summed E-state index contributed by atoms with van der Waals surface area (Å²) in [6.07, 6.45) is 2.12. The lowest BCUT2D eigenvalue weighted by Gasteiger charge is -2.25. The largest absolute Gasteiger partial charge is 0.469 e. The molecule has 6 heteroatoms. The molecule has 0 aromatic heterocycles. The third kappa shape index (κ3) is 4.71. The van der Waals surface area contributed by atoms with E-state index in [9.17, 15) is 9.59 Å². The number of ether oxygens (including phenoxy) is 2. The molecule has 1 aromatic rings. The van der Waals surface area contributed by atoms with Crippen molar-refractivity contribution >= 4 is 23.5 Å². The summed E-state index contributed by atoms with van der Waals surface area (Å²) in [5, 5.41) is 0.510. The number of carbonyl (C=O) groups is 2. The third-order valence-electron chi connectivity index (χ3n) is 3.62. The first-order valence-electron chi connectivity index (χ1n) is 7.33. The number of hydrogen-bond donors (Lipinski definition) is 0. The Morgan fingerprint density at radius 3 is 2.91 bits per heavy atom. The van der Waals surface area contributed by atoms with Gasteiger partial charge in [0.15, 0.2) is 0 Å². The molecule has 1 fully saturated rings. The minimum atomic E-state index is -0.337. The van der Waals surface area contributed by atoms with E-state index < -0.39 is 0 Å². The Balaban J connectivity index is 2.07. The van der Waals surface area contributed by atoms with Crippen LogP contribution in [-0.4, -0.2) is 49.7 Å². The summed E-state index contributed by atoms with van der Waals surface area (Å²) >= 11 is 5.94. The van der Waals surface area contributed by atoms with Crippen molar-refractivity contribution in [3.8, 4) is 0 Å². The van der Waals surface area contributed by atoms with Gasteiger partial charge >= 0.3 is 5.97 Å². The van der Waals surface area contributed by atoms with Crippen molar-refractivity contribution in [1.82, 2.24) is 4.90 Å². The fraction of sp³-hybridized carbons (Fsp3) is 0.500. The Hall–Kier alpha value is -1.59. The Morgan fingerprint density at radius 2 is 2.27 bits per heavy atom. The Labute approximate surface area is 135 Å². The zero-order chi connectivity index (χ0) is 15.9. The molecule has 0 N–H and O–H groups in total. The SMILES string of the molecule is COC(=O)CCN(CC1CCCO1)C(=O)c1cccc(Cl)c1. The monoisotopic (exact) mass is 325 g/mol. The van der Waals surface area contributed by atoms with E-state index in [0.717, 1.165) is 19.4 Å². The minimum Gasteiger partial charge on any atom is -0.469 e. The average molecular weight is 326 g/mol. The molecule has 1 aliphatic heterocycles. The topological polar surface area (TPSA) is 55.8 Å². The number of amides is 1. The number of nitrogens with zero attached hydrogens (tertiary/aromatic N) is 1. The van der Waals surface area contributed by atoms with Crippen LogP contribution in [0.15, 0.2) is 24.3 Å². The van der Waals surface area contributed by atoms with Gasteiger partial charge in [0.05, 0.1) is 19.6 Å². The van der Waals surface area contributed by atoms with Crippen LogP contribution in [0.3, 0.4) is 0 Å². The van der Waals surface area contributed by atoms with Gasteiger partial charge in [-0.25, -0.2) is 0 Å². The fourth-order valence-corrected chi connectivity index (χ4v) is 2.63. The molecule has 1 aliphatic rings. The molecule has 0 spiro atoms. The van der Waals surface area contributed by atoms with Crippen LogP contribution in [0.4, 0.5) is 0 Å². The Morgan fingerprint density at radius 1 is 1.45 bits per heavy atom. The number of esters is 1. The molecule has 2 rings (SSSR count). The number of halogens is 1. The van der Waals surface area contributed by atoms with Crippen molar-refractivity contribution in [2.24, 2.45) is 0 Å². The molecule has 0 saturated carbocycles. The summed E-state index contributed by atoms with van der Waals surface area (Å²) in [5.41, 5.74) is 0.510. The average Bonchev–Trinajstić information content (AvgIpc) is 3.03.